The Labute approximate surface area is 266 Å². The van der Waals surface area contributed by atoms with Gasteiger partial charge in [0.05, 0.1) is 0 Å². The van der Waals surface area contributed by atoms with E-state index in [9.17, 15) is 24.0 Å². The molecule has 0 aliphatic rings. The number of nitrogens with two attached hydrogens (primary N) is 5. The van der Waals surface area contributed by atoms with Crippen molar-refractivity contribution in [3.05, 3.63) is 36.0 Å². The molecule has 252 valence electrons. The normalized spacial score (nSPS) is 13.0. The number of nitrogens with zero attached hydrogens (tertiary/aromatic N) is 2. The molecule has 1 heterocycles. The minimum atomic E-state index is -1.53. The number of para-hydroxylation sites is 1. The number of benzene rings is 1. The Kier molecular flexibility index (Phi) is 13.8. The summed E-state index contributed by atoms with van der Waals surface area (Å²) in [5, 5.41) is 11.4. The number of aromatic amines is 1. The summed E-state index contributed by atoms with van der Waals surface area (Å²) in [5.41, 5.74) is 27.2. The molecule has 3 atom stereocenters. The van der Waals surface area contributed by atoms with Crippen LogP contribution in [0.1, 0.15) is 52.0 Å². The van der Waals surface area contributed by atoms with Crippen molar-refractivity contribution >= 4 is 52.4 Å². The smallest absolute Gasteiger partial charge is 0.245 e. The van der Waals surface area contributed by atoms with Crippen LogP contribution in [0.4, 0.5) is 0 Å². The molecule has 0 unspecified atom stereocenters. The number of hydrogen-bond acceptors (Lipinski definition) is 7. The van der Waals surface area contributed by atoms with E-state index in [4.69, 9.17) is 28.7 Å². The maximum Gasteiger partial charge on any atom is 0.245 e. The van der Waals surface area contributed by atoms with E-state index in [1.807, 2.05) is 24.3 Å². The molecule has 2 aromatic rings. The molecule has 46 heavy (non-hydrogen) atoms. The maximum atomic E-state index is 13.5. The minimum Gasteiger partial charge on any atom is -0.370 e. The van der Waals surface area contributed by atoms with Crippen molar-refractivity contribution in [2.75, 3.05) is 13.1 Å². The summed E-state index contributed by atoms with van der Waals surface area (Å²) in [6.07, 6.45) is 2.81. The molecule has 5 amide bonds. The molecular weight excluding hydrogens is 596 g/mol. The number of aliphatic imine (C=N–C) groups is 2. The molecule has 17 nitrogen and oxygen atoms in total. The van der Waals surface area contributed by atoms with Crippen LogP contribution >= 0.6 is 0 Å². The van der Waals surface area contributed by atoms with Crippen molar-refractivity contribution in [3.63, 3.8) is 0 Å². The Morgan fingerprint density at radius 1 is 0.804 bits per heavy atom. The van der Waals surface area contributed by atoms with Gasteiger partial charge in [-0.3, -0.25) is 34.0 Å². The third-order valence-electron chi connectivity index (χ3n) is 6.97. The third-order valence-corrected chi connectivity index (χ3v) is 6.97. The lowest BCUT2D eigenvalue weighted by atomic mass is 10.00. The first-order valence-corrected chi connectivity index (χ1v) is 14.8. The Balaban J connectivity index is 2.19. The Morgan fingerprint density at radius 3 is 1.91 bits per heavy atom. The zero-order valence-electron chi connectivity index (χ0n) is 26.4. The van der Waals surface area contributed by atoms with Gasteiger partial charge in [-0.25, -0.2) is 0 Å². The number of primary amides is 1. The number of H-pyrrole nitrogens is 1. The van der Waals surface area contributed by atoms with E-state index in [-0.39, 0.29) is 44.3 Å². The fourth-order valence-corrected chi connectivity index (χ4v) is 4.60. The zero-order chi connectivity index (χ0) is 34.4. The topological polar surface area (TPSA) is 304 Å². The number of rotatable bonds is 18. The van der Waals surface area contributed by atoms with Gasteiger partial charge in [-0.1, -0.05) is 18.2 Å². The van der Waals surface area contributed by atoms with E-state index in [1.54, 1.807) is 6.20 Å². The average molecular weight is 643 g/mol. The number of fused-ring (bicyclic) bond motifs is 1. The number of nitrogens with one attached hydrogen (secondary N) is 5. The molecule has 0 saturated carbocycles. The molecule has 0 fully saturated rings. The van der Waals surface area contributed by atoms with Crippen molar-refractivity contribution in [3.8, 4) is 0 Å². The first-order valence-electron chi connectivity index (χ1n) is 14.8. The summed E-state index contributed by atoms with van der Waals surface area (Å²) in [6.45, 7) is 4.56. The summed E-state index contributed by atoms with van der Waals surface area (Å²) < 4.78 is 0. The molecule has 0 aliphatic heterocycles. The molecule has 2 rings (SSSR count). The van der Waals surface area contributed by atoms with Crippen LogP contribution in [0.15, 0.2) is 40.4 Å². The van der Waals surface area contributed by atoms with Crippen molar-refractivity contribution in [2.45, 2.75) is 76.5 Å². The quantitative estimate of drug-likeness (QED) is 0.0473. The predicted molar refractivity (Wildman–Crippen MR) is 175 cm³/mol. The number of carbonyl (C=O) groups is 5. The minimum absolute atomic E-state index is 0.0935. The van der Waals surface area contributed by atoms with Gasteiger partial charge in [-0.2, -0.15) is 0 Å². The van der Waals surface area contributed by atoms with Gasteiger partial charge in [-0.15, -0.1) is 0 Å². The number of amides is 5. The molecule has 15 N–H and O–H groups in total. The fourth-order valence-electron chi connectivity index (χ4n) is 4.60. The van der Waals surface area contributed by atoms with Gasteiger partial charge in [0, 0.05) is 43.5 Å². The molecule has 0 radical (unpaired) electrons. The van der Waals surface area contributed by atoms with Gasteiger partial charge in [0.2, 0.25) is 29.5 Å². The summed E-state index contributed by atoms with van der Waals surface area (Å²) in [6, 6.07) is 4.27. The van der Waals surface area contributed by atoms with Crippen LogP contribution < -0.4 is 49.9 Å². The maximum absolute atomic E-state index is 13.5. The van der Waals surface area contributed by atoms with E-state index in [0.29, 0.717) is 12.8 Å². The molecule has 1 aromatic heterocycles. The Bertz CT molecular complexity index is 1440. The lowest BCUT2D eigenvalue weighted by Gasteiger charge is -2.30. The second-order valence-electron chi connectivity index (χ2n) is 11.3. The lowest BCUT2D eigenvalue weighted by molar-refractivity contribution is -0.136. The van der Waals surface area contributed by atoms with Gasteiger partial charge < -0.3 is 54.9 Å². The Hall–Kier alpha value is -5.35. The van der Waals surface area contributed by atoms with Crippen LogP contribution in [0.2, 0.25) is 0 Å². The molecule has 0 aliphatic carbocycles. The highest BCUT2D eigenvalue weighted by Gasteiger charge is 2.35. The van der Waals surface area contributed by atoms with Crippen LogP contribution in [0.3, 0.4) is 0 Å². The van der Waals surface area contributed by atoms with E-state index in [0.717, 1.165) is 16.5 Å². The number of hydrogen-bond donors (Lipinski definition) is 10. The second kappa shape index (κ2) is 17.2. The Morgan fingerprint density at radius 2 is 1.37 bits per heavy atom. The summed E-state index contributed by atoms with van der Waals surface area (Å²) in [7, 11) is 0. The first kappa shape index (κ1) is 36.8. The largest absolute Gasteiger partial charge is 0.370 e. The van der Waals surface area contributed by atoms with Gasteiger partial charge in [0.25, 0.3) is 0 Å². The van der Waals surface area contributed by atoms with Crippen molar-refractivity contribution < 1.29 is 24.0 Å². The summed E-state index contributed by atoms with van der Waals surface area (Å²) in [5.74, 6) is -3.43. The van der Waals surface area contributed by atoms with Crippen LogP contribution in [0.5, 0.6) is 0 Å². The summed E-state index contributed by atoms with van der Waals surface area (Å²) in [4.78, 5) is 75.1. The molecular formula is C29H46N12O5. The third kappa shape index (κ3) is 12.0. The van der Waals surface area contributed by atoms with Crippen LogP contribution in [-0.4, -0.2) is 83.2 Å². The van der Waals surface area contributed by atoms with Crippen molar-refractivity contribution in [1.29, 1.82) is 0 Å². The second-order valence-corrected chi connectivity index (χ2v) is 11.3. The monoisotopic (exact) mass is 642 g/mol. The molecule has 0 saturated heterocycles. The highest BCUT2D eigenvalue weighted by atomic mass is 16.2. The molecule has 17 heteroatoms. The van der Waals surface area contributed by atoms with Crippen LogP contribution in [0, 0.1) is 0 Å². The summed E-state index contributed by atoms with van der Waals surface area (Å²) >= 11 is 0. The van der Waals surface area contributed by atoms with E-state index in [1.165, 1.54) is 20.8 Å². The van der Waals surface area contributed by atoms with E-state index in [2.05, 4.69) is 36.2 Å². The highest BCUT2D eigenvalue weighted by molar-refractivity contribution is 5.97. The number of aromatic nitrogens is 1. The number of carbonyl (C=O) groups excluding carboxylic acids is 5. The zero-order valence-corrected chi connectivity index (χ0v) is 26.4. The van der Waals surface area contributed by atoms with Gasteiger partial charge in [-0.05, 0) is 51.2 Å². The van der Waals surface area contributed by atoms with Gasteiger partial charge in [0.1, 0.15) is 23.7 Å². The number of guanidine groups is 2. The fraction of sp³-hybridized carbons (Fsp3) is 0.483. The molecule has 0 bridgehead atoms. The van der Waals surface area contributed by atoms with Crippen LogP contribution in [0.25, 0.3) is 10.9 Å². The predicted octanol–water partition coefficient (Wildman–Crippen LogP) is -2.33. The molecule has 0 spiro atoms. The van der Waals surface area contributed by atoms with Gasteiger partial charge >= 0.3 is 0 Å². The SMILES string of the molecule is CC(=O)N[C@@H](CCCN=C(N)N)C(=O)NC(C)(C)C(=O)N[C@@H](CCCN=C(N)N)C(=O)N[C@@H](Cc1c[nH]c2ccccc12)C(N)=O. The van der Waals surface area contributed by atoms with E-state index >= 15 is 0 Å². The van der Waals surface area contributed by atoms with Gasteiger partial charge in [0.15, 0.2) is 11.9 Å². The highest BCUT2D eigenvalue weighted by Crippen LogP contribution is 2.19. The first-order chi connectivity index (χ1) is 21.6. The van der Waals surface area contributed by atoms with Crippen LogP contribution in [-0.2, 0) is 30.4 Å². The molecule has 1 aromatic carbocycles. The van der Waals surface area contributed by atoms with Crippen molar-refractivity contribution in [1.82, 2.24) is 26.3 Å². The van der Waals surface area contributed by atoms with Crippen molar-refractivity contribution in [2.24, 2.45) is 38.7 Å². The van der Waals surface area contributed by atoms with E-state index < -0.39 is 53.2 Å². The average Bonchev–Trinajstić information content (AvgIpc) is 3.37. The lowest BCUT2D eigenvalue weighted by Crippen LogP contribution is -2.62. The standard InChI is InChI=1S/C29H46N12O5/c1-16(42)38-21(11-7-13-36-28(33)34)25(45)41-29(2,3)26(46)40-20(10-6-12-35-27(31)32)24(44)39-22(23(30)43)14-17-15-37-19-9-5-4-8-18(17)19/h4-5,8-9,15,20-22,37H,6-7,10-14H2,1-3H3,(H2,30,43)(H,38,42)(H,39,44)(H,40,46)(H,41,45)(H4,31,32,35)(H4,33,34,36)/t20-,21-,22-/m0/s1.